The van der Waals surface area contributed by atoms with Crippen molar-refractivity contribution in [3.8, 4) is 0 Å². The lowest BCUT2D eigenvalue weighted by molar-refractivity contribution is -0.127. The van der Waals surface area contributed by atoms with E-state index < -0.39 is 0 Å². The third-order valence-corrected chi connectivity index (χ3v) is 2.94. The molecule has 1 fully saturated rings. The van der Waals surface area contributed by atoms with Crippen LogP contribution in [0.5, 0.6) is 0 Å². The molecule has 1 aliphatic carbocycles. The molecule has 1 amide bonds. The Morgan fingerprint density at radius 1 is 1.47 bits per heavy atom. The first-order valence-electron chi connectivity index (χ1n) is 5.00. The van der Waals surface area contributed by atoms with E-state index in [1.807, 2.05) is 0 Å². The lowest BCUT2D eigenvalue weighted by Gasteiger charge is -2.23. The summed E-state index contributed by atoms with van der Waals surface area (Å²) in [5, 5.41) is 3.17. The lowest BCUT2D eigenvalue weighted by atomic mass is 9.85. The van der Waals surface area contributed by atoms with Crippen molar-refractivity contribution in [3.63, 3.8) is 0 Å². The third-order valence-electron chi connectivity index (χ3n) is 2.63. The van der Waals surface area contributed by atoms with Gasteiger partial charge in [-0.2, -0.15) is 0 Å². The van der Waals surface area contributed by atoms with Gasteiger partial charge in [-0.25, -0.2) is 4.98 Å². The van der Waals surface area contributed by atoms with Crippen LogP contribution in [0.2, 0.25) is 5.15 Å². The first kappa shape index (κ1) is 10.4. The van der Waals surface area contributed by atoms with Crippen LogP contribution in [0.25, 0.3) is 0 Å². The van der Waals surface area contributed by atoms with E-state index in [0.29, 0.717) is 17.4 Å². The second kappa shape index (κ2) is 4.57. The lowest BCUT2D eigenvalue weighted by Crippen LogP contribution is -2.34. The number of nitrogens with zero attached hydrogens (tertiary/aromatic N) is 2. The second-order valence-corrected chi connectivity index (χ2v) is 4.00. The van der Waals surface area contributed by atoms with Crippen molar-refractivity contribution >= 4 is 17.5 Å². The Morgan fingerprint density at radius 3 is 2.80 bits per heavy atom. The van der Waals surface area contributed by atoms with Crippen LogP contribution in [0.3, 0.4) is 0 Å². The molecule has 1 N–H and O–H groups in total. The quantitative estimate of drug-likeness (QED) is 0.849. The molecular formula is C10H12ClN3O. The van der Waals surface area contributed by atoms with E-state index in [9.17, 15) is 4.79 Å². The van der Waals surface area contributed by atoms with Crippen molar-refractivity contribution in [2.45, 2.75) is 25.8 Å². The van der Waals surface area contributed by atoms with Gasteiger partial charge in [0.15, 0.2) is 5.15 Å². The predicted molar refractivity (Wildman–Crippen MR) is 56.2 cm³/mol. The van der Waals surface area contributed by atoms with Crippen LogP contribution in [-0.2, 0) is 11.3 Å². The zero-order valence-electron chi connectivity index (χ0n) is 8.24. The summed E-state index contributed by atoms with van der Waals surface area (Å²) in [5.74, 6) is 0.295. The summed E-state index contributed by atoms with van der Waals surface area (Å²) in [6.07, 6.45) is 6.25. The minimum Gasteiger partial charge on any atom is -0.350 e. The molecule has 0 bridgehead atoms. The number of amides is 1. The fourth-order valence-corrected chi connectivity index (χ4v) is 1.63. The van der Waals surface area contributed by atoms with Gasteiger partial charge in [0.25, 0.3) is 0 Å². The summed E-state index contributed by atoms with van der Waals surface area (Å²) in [6.45, 7) is 0.363. The predicted octanol–water partition coefficient (Wildman–Crippen LogP) is 1.55. The van der Waals surface area contributed by atoms with Gasteiger partial charge in [0.2, 0.25) is 5.91 Å². The molecule has 1 heterocycles. The molecule has 1 aliphatic rings. The fourth-order valence-electron chi connectivity index (χ4n) is 1.45. The van der Waals surface area contributed by atoms with Gasteiger partial charge in [0.1, 0.15) is 0 Å². The van der Waals surface area contributed by atoms with Crippen LogP contribution in [0.4, 0.5) is 0 Å². The molecule has 2 rings (SSSR count). The monoisotopic (exact) mass is 225 g/mol. The summed E-state index contributed by atoms with van der Waals surface area (Å²) < 4.78 is 0. The number of rotatable bonds is 3. The zero-order valence-corrected chi connectivity index (χ0v) is 9.00. The van der Waals surface area contributed by atoms with Crippen molar-refractivity contribution < 1.29 is 4.79 Å². The molecule has 0 saturated heterocycles. The SMILES string of the molecule is O=C(NCc1nccnc1Cl)C1CCC1. The number of aromatic nitrogens is 2. The largest absolute Gasteiger partial charge is 0.350 e. The Hall–Kier alpha value is -1.16. The molecule has 15 heavy (non-hydrogen) atoms. The number of carbonyl (C=O) groups is 1. The molecule has 0 aromatic carbocycles. The molecule has 1 aromatic heterocycles. The molecule has 4 nitrogen and oxygen atoms in total. The average molecular weight is 226 g/mol. The summed E-state index contributed by atoms with van der Waals surface area (Å²) >= 11 is 5.81. The first-order chi connectivity index (χ1) is 7.27. The summed E-state index contributed by atoms with van der Waals surface area (Å²) in [4.78, 5) is 19.4. The van der Waals surface area contributed by atoms with Crippen molar-refractivity contribution in [1.82, 2.24) is 15.3 Å². The van der Waals surface area contributed by atoms with Gasteiger partial charge in [-0.3, -0.25) is 9.78 Å². The number of hydrogen-bond donors (Lipinski definition) is 1. The summed E-state index contributed by atoms with van der Waals surface area (Å²) in [7, 11) is 0. The molecule has 0 radical (unpaired) electrons. The topological polar surface area (TPSA) is 54.9 Å². The van der Waals surface area contributed by atoms with E-state index in [1.54, 1.807) is 6.20 Å². The van der Waals surface area contributed by atoms with E-state index in [4.69, 9.17) is 11.6 Å². The maximum atomic E-state index is 11.5. The molecule has 0 atom stereocenters. The van der Waals surface area contributed by atoms with Gasteiger partial charge in [0, 0.05) is 18.3 Å². The van der Waals surface area contributed by atoms with Crippen molar-refractivity contribution in [2.75, 3.05) is 0 Å². The molecule has 5 heteroatoms. The Morgan fingerprint density at radius 2 is 2.20 bits per heavy atom. The average Bonchev–Trinajstić information content (AvgIpc) is 2.14. The third kappa shape index (κ3) is 2.45. The normalized spacial score (nSPS) is 15.8. The van der Waals surface area contributed by atoms with Gasteiger partial charge < -0.3 is 5.32 Å². The molecule has 80 valence electrons. The Bertz CT molecular complexity index is 365. The summed E-state index contributed by atoms with van der Waals surface area (Å²) in [5.41, 5.74) is 0.617. The Balaban J connectivity index is 1.87. The van der Waals surface area contributed by atoms with Crippen LogP contribution in [0.1, 0.15) is 25.0 Å². The number of carbonyl (C=O) groups excluding carboxylic acids is 1. The Kier molecular flexibility index (Phi) is 3.16. The number of halogens is 1. The molecule has 1 aromatic rings. The molecule has 0 spiro atoms. The zero-order chi connectivity index (χ0) is 10.7. The smallest absolute Gasteiger partial charge is 0.223 e. The van der Waals surface area contributed by atoms with Gasteiger partial charge in [-0.05, 0) is 12.8 Å². The standard InChI is InChI=1S/C10H12ClN3O/c11-9-8(12-4-5-13-9)6-14-10(15)7-2-1-3-7/h4-5,7H,1-3,6H2,(H,14,15). The highest BCUT2D eigenvalue weighted by atomic mass is 35.5. The van der Waals surface area contributed by atoms with Crippen molar-refractivity contribution in [2.24, 2.45) is 5.92 Å². The second-order valence-electron chi connectivity index (χ2n) is 3.64. The van der Waals surface area contributed by atoms with E-state index in [-0.39, 0.29) is 11.8 Å². The number of nitrogens with one attached hydrogen (secondary N) is 1. The van der Waals surface area contributed by atoms with Crippen LogP contribution in [0.15, 0.2) is 12.4 Å². The van der Waals surface area contributed by atoms with Crippen LogP contribution >= 0.6 is 11.6 Å². The van der Waals surface area contributed by atoms with Crippen molar-refractivity contribution in [3.05, 3.63) is 23.2 Å². The van der Waals surface area contributed by atoms with Crippen molar-refractivity contribution in [1.29, 1.82) is 0 Å². The van der Waals surface area contributed by atoms with E-state index in [2.05, 4.69) is 15.3 Å². The first-order valence-corrected chi connectivity index (χ1v) is 5.38. The Labute approximate surface area is 93.1 Å². The minimum absolute atomic E-state index is 0.1000. The minimum atomic E-state index is 0.1000. The van der Waals surface area contributed by atoms with Gasteiger partial charge in [0.05, 0.1) is 12.2 Å². The summed E-state index contributed by atoms with van der Waals surface area (Å²) in [6, 6.07) is 0. The van der Waals surface area contributed by atoms with Crippen LogP contribution in [0, 0.1) is 5.92 Å². The maximum absolute atomic E-state index is 11.5. The van der Waals surface area contributed by atoms with E-state index in [1.165, 1.54) is 6.20 Å². The highest BCUT2D eigenvalue weighted by Crippen LogP contribution is 2.26. The van der Waals surface area contributed by atoms with Gasteiger partial charge in [-0.1, -0.05) is 18.0 Å². The maximum Gasteiger partial charge on any atom is 0.223 e. The highest BCUT2D eigenvalue weighted by Gasteiger charge is 2.24. The fraction of sp³-hybridized carbons (Fsp3) is 0.500. The van der Waals surface area contributed by atoms with Crippen LogP contribution in [-0.4, -0.2) is 15.9 Å². The molecule has 0 aliphatic heterocycles. The number of hydrogen-bond acceptors (Lipinski definition) is 3. The van der Waals surface area contributed by atoms with Crippen LogP contribution < -0.4 is 5.32 Å². The molecule has 0 unspecified atom stereocenters. The van der Waals surface area contributed by atoms with E-state index in [0.717, 1.165) is 19.3 Å². The van der Waals surface area contributed by atoms with E-state index >= 15 is 0 Å². The highest BCUT2D eigenvalue weighted by molar-refractivity contribution is 6.29. The molecule has 1 saturated carbocycles. The molecular weight excluding hydrogens is 214 g/mol. The van der Waals surface area contributed by atoms with Gasteiger partial charge in [-0.15, -0.1) is 0 Å². The van der Waals surface area contributed by atoms with Gasteiger partial charge >= 0.3 is 0 Å².